The molecule has 0 amide bonds. The summed E-state index contributed by atoms with van der Waals surface area (Å²) in [4.78, 5) is 16.8. The Hall–Kier alpha value is -3.65. The standard InChI is InChI=1S/C21H19ClN8/c1-12-3-4-14(22)10-18(12)27-20-28-21-25-13(2)9-19(30(21)29-20)24-11-15-5-6-16-17(26-15)7-8-23-16/h3-10,23-24H,11H2,1-2H3,(H,27,29). The lowest BCUT2D eigenvalue weighted by Crippen LogP contribution is -2.08. The first-order valence-electron chi connectivity index (χ1n) is 9.50. The number of aromatic amines is 1. The Labute approximate surface area is 177 Å². The van der Waals surface area contributed by atoms with Crippen LogP contribution in [0.3, 0.4) is 0 Å². The Kier molecular flexibility index (Phi) is 4.48. The van der Waals surface area contributed by atoms with Crippen molar-refractivity contribution >= 4 is 45.9 Å². The number of benzene rings is 1. The fourth-order valence-electron chi connectivity index (χ4n) is 3.27. The summed E-state index contributed by atoms with van der Waals surface area (Å²) in [7, 11) is 0. The maximum absolute atomic E-state index is 6.12. The number of pyridine rings is 1. The van der Waals surface area contributed by atoms with Gasteiger partial charge < -0.3 is 15.6 Å². The number of hydrogen-bond donors (Lipinski definition) is 3. The number of aryl methyl sites for hydroxylation is 2. The maximum Gasteiger partial charge on any atom is 0.256 e. The van der Waals surface area contributed by atoms with Crippen molar-refractivity contribution in [2.45, 2.75) is 20.4 Å². The van der Waals surface area contributed by atoms with E-state index in [0.29, 0.717) is 23.3 Å². The number of anilines is 3. The quantitative estimate of drug-likeness (QED) is 0.385. The van der Waals surface area contributed by atoms with Gasteiger partial charge in [0.1, 0.15) is 5.82 Å². The van der Waals surface area contributed by atoms with Crippen LogP contribution in [-0.4, -0.2) is 29.5 Å². The summed E-state index contributed by atoms with van der Waals surface area (Å²) in [5.74, 6) is 1.75. The van der Waals surface area contributed by atoms with Crippen molar-refractivity contribution in [2.75, 3.05) is 10.6 Å². The van der Waals surface area contributed by atoms with Gasteiger partial charge in [-0.25, -0.2) is 9.97 Å². The van der Waals surface area contributed by atoms with Crippen LogP contribution in [0.2, 0.25) is 5.02 Å². The predicted molar refractivity (Wildman–Crippen MR) is 118 cm³/mol. The van der Waals surface area contributed by atoms with Gasteiger partial charge in [-0.3, -0.25) is 0 Å². The lowest BCUT2D eigenvalue weighted by atomic mass is 10.2. The minimum absolute atomic E-state index is 0.452. The van der Waals surface area contributed by atoms with Gasteiger partial charge in [0.25, 0.3) is 5.78 Å². The van der Waals surface area contributed by atoms with Crippen LogP contribution in [0.1, 0.15) is 17.0 Å². The van der Waals surface area contributed by atoms with Crippen LogP contribution in [0, 0.1) is 13.8 Å². The summed E-state index contributed by atoms with van der Waals surface area (Å²) in [6.07, 6.45) is 1.89. The summed E-state index contributed by atoms with van der Waals surface area (Å²) in [6.45, 7) is 4.48. The smallest absolute Gasteiger partial charge is 0.256 e. The van der Waals surface area contributed by atoms with E-state index in [1.807, 2.05) is 62.5 Å². The fraction of sp³-hybridized carbons (Fsp3) is 0.143. The SMILES string of the molecule is Cc1cc(NCc2ccc3[nH]ccc3n2)n2nc(Nc3cc(Cl)ccc3C)nc2n1. The number of nitrogens with zero attached hydrogens (tertiary/aromatic N) is 5. The largest absolute Gasteiger partial charge is 0.364 e. The van der Waals surface area contributed by atoms with E-state index in [9.17, 15) is 0 Å². The summed E-state index contributed by atoms with van der Waals surface area (Å²) in [5, 5.41) is 11.9. The molecule has 3 N–H and O–H groups in total. The lowest BCUT2D eigenvalue weighted by Gasteiger charge is -2.08. The molecule has 1 aromatic carbocycles. The molecular formula is C21H19ClN8. The first kappa shape index (κ1) is 18.4. The van der Waals surface area contributed by atoms with E-state index >= 15 is 0 Å². The second-order valence-corrected chi connectivity index (χ2v) is 7.52. The summed E-state index contributed by atoms with van der Waals surface area (Å²) in [5.41, 5.74) is 5.63. The van der Waals surface area contributed by atoms with Gasteiger partial charge in [0.15, 0.2) is 0 Å². The van der Waals surface area contributed by atoms with Crippen LogP contribution in [-0.2, 0) is 6.54 Å². The van der Waals surface area contributed by atoms with Gasteiger partial charge in [-0.1, -0.05) is 17.7 Å². The molecule has 0 atom stereocenters. The Morgan fingerprint density at radius 1 is 1.03 bits per heavy atom. The van der Waals surface area contributed by atoms with Crippen LogP contribution < -0.4 is 10.6 Å². The molecule has 0 aliphatic rings. The zero-order valence-corrected chi connectivity index (χ0v) is 17.2. The highest BCUT2D eigenvalue weighted by Gasteiger charge is 2.12. The van der Waals surface area contributed by atoms with E-state index in [1.165, 1.54) is 0 Å². The average molecular weight is 419 g/mol. The summed E-state index contributed by atoms with van der Waals surface area (Å²) >= 11 is 6.12. The predicted octanol–water partition coefficient (Wildman–Crippen LogP) is 4.63. The maximum atomic E-state index is 6.12. The van der Waals surface area contributed by atoms with Crippen molar-refractivity contribution in [3.8, 4) is 0 Å². The molecule has 9 heteroatoms. The van der Waals surface area contributed by atoms with E-state index in [1.54, 1.807) is 4.52 Å². The van der Waals surface area contributed by atoms with Gasteiger partial charge in [0.05, 0.1) is 23.3 Å². The van der Waals surface area contributed by atoms with Crippen molar-refractivity contribution in [3.63, 3.8) is 0 Å². The number of aromatic nitrogens is 6. The minimum Gasteiger partial charge on any atom is -0.364 e. The number of H-pyrrole nitrogens is 1. The molecule has 0 radical (unpaired) electrons. The van der Waals surface area contributed by atoms with Crippen molar-refractivity contribution in [1.82, 2.24) is 29.5 Å². The first-order chi connectivity index (χ1) is 14.5. The molecular weight excluding hydrogens is 400 g/mol. The Morgan fingerprint density at radius 2 is 1.93 bits per heavy atom. The highest BCUT2D eigenvalue weighted by Crippen LogP contribution is 2.23. The average Bonchev–Trinajstić information content (AvgIpc) is 3.34. The van der Waals surface area contributed by atoms with Crippen molar-refractivity contribution in [3.05, 3.63) is 70.6 Å². The van der Waals surface area contributed by atoms with Crippen molar-refractivity contribution in [2.24, 2.45) is 0 Å². The molecule has 150 valence electrons. The van der Waals surface area contributed by atoms with E-state index in [4.69, 9.17) is 11.6 Å². The molecule has 0 bridgehead atoms. The molecule has 0 fully saturated rings. The van der Waals surface area contributed by atoms with Crippen molar-refractivity contribution in [1.29, 1.82) is 0 Å². The van der Waals surface area contributed by atoms with Crippen LogP contribution in [0.5, 0.6) is 0 Å². The molecule has 0 aliphatic carbocycles. The molecule has 4 heterocycles. The highest BCUT2D eigenvalue weighted by atomic mass is 35.5. The number of rotatable bonds is 5. The van der Waals surface area contributed by atoms with Gasteiger partial charge in [0, 0.05) is 28.7 Å². The molecule has 0 unspecified atom stereocenters. The van der Waals surface area contributed by atoms with Crippen molar-refractivity contribution < 1.29 is 0 Å². The van der Waals surface area contributed by atoms with Gasteiger partial charge >= 0.3 is 0 Å². The van der Waals surface area contributed by atoms with E-state index in [2.05, 4.69) is 35.7 Å². The number of hydrogen-bond acceptors (Lipinski definition) is 6. The number of fused-ring (bicyclic) bond motifs is 2. The zero-order chi connectivity index (χ0) is 20.7. The van der Waals surface area contributed by atoms with Crippen LogP contribution >= 0.6 is 11.6 Å². The monoisotopic (exact) mass is 418 g/mol. The number of nitrogens with one attached hydrogen (secondary N) is 3. The second kappa shape index (κ2) is 7.31. The van der Waals surface area contributed by atoms with E-state index in [0.717, 1.165) is 39.5 Å². The molecule has 0 spiro atoms. The third kappa shape index (κ3) is 3.53. The van der Waals surface area contributed by atoms with Crippen LogP contribution in [0.25, 0.3) is 16.8 Å². The number of halogens is 1. The first-order valence-corrected chi connectivity index (χ1v) is 9.87. The van der Waals surface area contributed by atoms with Gasteiger partial charge in [-0.2, -0.15) is 9.50 Å². The Bertz CT molecular complexity index is 1370. The zero-order valence-electron chi connectivity index (χ0n) is 16.4. The Morgan fingerprint density at radius 3 is 2.83 bits per heavy atom. The molecule has 5 rings (SSSR count). The van der Waals surface area contributed by atoms with Gasteiger partial charge in [0.2, 0.25) is 5.95 Å². The van der Waals surface area contributed by atoms with Crippen LogP contribution in [0.15, 0.2) is 48.7 Å². The molecule has 30 heavy (non-hydrogen) atoms. The topological polar surface area (TPSA) is 95.8 Å². The highest BCUT2D eigenvalue weighted by molar-refractivity contribution is 6.30. The molecule has 8 nitrogen and oxygen atoms in total. The van der Waals surface area contributed by atoms with E-state index < -0.39 is 0 Å². The third-order valence-electron chi connectivity index (χ3n) is 4.80. The van der Waals surface area contributed by atoms with Gasteiger partial charge in [-0.15, -0.1) is 5.10 Å². The lowest BCUT2D eigenvalue weighted by molar-refractivity contribution is 0.913. The molecule has 5 aromatic rings. The Balaban J connectivity index is 1.43. The molecule has 4 aromatic heterocycles. The molecule has 0 saturated heterocycles. The minimum atomic E-state index is 0.452. The summed E-state index contributed by atoms with van der Waals surface area (Å²) in [6, 6.07) is 13.6. The molecule has 0 saturated carbocycles. The third-order valence-corrected chi connectivity index (χ3v) is 5.03. The van der Waals surface area contributed by atoms with Crippen LogP contribution in [0.4, 0.5) is 17.5 Å². The van der Waals surface area contributed by atoms with Gasteiger partial charge in [-0.05, 0) is 49.7 Å². The molecule has 0 aliphatic heterocycles. The summed E-state index contributed by atoms with van der Waals surface area (Å²) < 4.78 is 1.68. The normalized spacial score (nSPS) is 11.3. The fourth-order valence-corrected chi connectivity index (χ4v) is 3.44. The second-order valence-electron chi connectivity index (χ2n) is 7.08. The van der Waals surface area contributed by atoms with E-state index in [-0.39, 0.29) is 0 Å².